The van der Waals surface area contributed by atoms with Crippen LogP contribution in [0.2, 0.25) is 0 Å². The molecule has 0 bridgehead atoms. The number of amides is 1. The van der Waals surface area contributed by atoms with E-state index < -0.39 is 0 Å². The molecule has 1 saturated carbocycles. The van der Waals surface area contributed by atoms with Crippen LogP contribution in [-0.2, 0) is 4.79 Å². The molecule has 0 radical (unpaired) electrons. The standard InChI is InChI=1S/C14H29N3O/c1-4-5-10-16-13(18)11-15-12-14(17(2)3)8-6-7-9-14/h15H,4-12H2,1-3H3,(H,16,18). The van der Waals surface area contributed by atoms with Crippen LogP contribution in [0.1, 0.15) is 45.4 Å². The molecular weight excluding hydrogens is 226 g/mol. The van der Waals surface area contributed by atoms with Crippen LogP contribution < -0.4 is 10.6 Å². The highest BCUT2D eigenvalue weighted by atomic mass is 16.1. The van der Waals surface area contributed by atoms with Crippen molar-refractivity contribution in [2.24, 2.45) is 0 Å². The second-order valence-corrected chi connectivity index (χ2v) is 5.63. The van der Waals surface area contributed by atoms with E-state index in [2.05, 4.69) is 36.6 Å². The van der Waals surface area contributed by atoms with Gasteiger partial charge < -0.3 is 15.5 Å². The molecule has 1 aliphatic carbocycles. The lowest BCUT2D eigenvalue weighted by Crippen LogP contribution is -2.51. The van der Waals surface area contributed by atoms with E-state index in [1.807, 2.05) is 0 Å². The van der Waals surface area contributed by atoms with E-state index >= 15 is 0 Å². The van der Waals surface area contributed by atoms with Gasteiger partial charge >= 0.3 is 0 Å². The van der Waals surface area contributed by atoms with E-state index in [1.54, 1.807) is 0 Å². The number of nitrogens with one attached hydrogen (secondary N) is 2. The van der Waals surface area contributed by atoms with Gasteiger partial charge in [-0.05, 0) is 33.4 Å². The average Bonchev–Trinajstić information content (AvgIpc) is 2.79. The second kappa shape index (κ2) is 7.74. The predicted octanol–water partition coefficient (Wildman–Crippen LogP) is 1.37. The number of carbonyl (C=O) groups excluding carboxylic acids is 1. The zero-order valence-corrected chi connectivity index (χ0v) is 12.2. The summed E-state index contributed by atoms with van der Waals surface area (Å²) >= 11 is 0. The highest BCUT2D eigenvalue weighted by Crippen LogP contribution is 2.32. The van der Waals surface area contributed by atoms with E-state index in [-0.39, 0.29) is 11.4 Å². The molecule has 0 spiro atoms. The maximum atomic E-state index is 11.6. The highest BCUT2D eigenvalue weighted by molar-refractivity contribution is 5.77. The fourth-order valence-electron chi connectivity index (χ4n) is 2.69. The van der Waals surface area contributed by atoms with Crippen LogP contribution in [0.3, 0.4) is 0 Å². The van der Waals surface area contributed by atoms with E-state index in [0.29, 0.717) is 6.54 Å². The van der Waals surface area contributed by atoms with Gasteiger partial charge in [-0.2, -0.15) is 0 Å². The zero-order valence-electron chi connectivity index (χ0n) is 12.2. The highest BCUT2D eigenvalue weighted by Gasteiger charge is 2.35. The van der Waals surface area contributed by atoms with Crippen LogP contribution >= 0.6 is 0 Å². The Morgan fingerprint density at radius 3 is 2.50 bits per heavy atom. The summed E-state index contributed by atoms with van der Waals surface area (Å²) in [5.74, 6) is 0.121. The molecule has 0 atom stereocenters. The Labute approximate surface area is 111 Å². The van der Waals surface area contributed by atoms with Gasteiger partial charge in [0, 0.05) is 18.6 Å². The molecule has 0 heterocycles. The van der Waals surface area contributed by atoms with Crippen molar-refractivity contribution in [3.63, 3.8) is 0 Å². The Hall–Kier alpha value is -0.610. The Kier molecular flexibility index (Phi) is 6.65. The van der Waals surface area contributed by atoms with Crippen LogP contribution in [0.25, 0.3) is 0 Å². The van der Waals surface area contributed by atoms with Crippen molar-refractivity contribution in [2.45, 2.75) is 51.0 Å². The number of carbonyl (C=O) groups is 1. The third-order valence-corrected chi connectivity index (χ3v) is 4.08. The Morgan fingerprint density at radius 2 is 1.94 bits per heavy atom. The smallest absolute Gasteiger partial charge is 0.233 e. The molecule has 0 saturated heterocycles. The van der Waals surface area contributed by atoms with E-state index in [9.17, 15) is 4.79 Å². The summed E-state index contributed by atoms with van der Waals surface area (Å²) in [7, 11) is 4.29. The molecule has 2 N–H and O–H groups in total. The number of nitrogens with zero attached hydrogens (tertiary/aromatic N) is 1. The molecule has 18 heavy (non-hydrogen) atoms. The first-order valence-corrected chi connectivity index (χ1v) is 7.25. The summed E-state index contributed by atoms with van der Waals surface area (Å²) in [6.45, 7) is 4.29. The lowest BCUT2D eigenvalue weighted by Gasteiger charge is -2.36. The molecule has 106 valence electrons. The van der Waals surface area contributed by atoms with Gasteiger partial charge in [0.15, 0.2) is 0 Å². The topological polar surface area (TPSA) is 44.4 Å². The molecule has 1 rings (SSSR count). The van der Waals surface area contributed by atoms with Gasteiger partial charge in [-0.15, -0.1) is 0 Å². The van der Waals surface area contributed by atoms with Crippen molar-refractivity contribution in [3.8, 4) is 0 Å². The first-order valence-electron chi connectivity index (χ1n) is 7.25. The molecule has 1 amide bonds. The lowest BCUT2D eigenvalue weighted by molar-refractivity contribution is -0.120. The van der Waals surface area contributed by atoms with Gasteiger partial charge in [-0.1, -0.05) is 26.2 Å². The molecule has 0 unspecified atom stereocenters. The predicted molar refractivity (Wildman–Crippen MR) is 75.7 cm³/mol. The maximum absolute atomic E-state index is 11.6. The molecule has 0 aromatic heterocycles. The zero-order chi connectivity index (χ0) is 13.4. The van der Waals surface area contributed by atoms with Crippen molar-refractivity contribution in [3.05, 3.63) is 0 Å². The molecule has 0 aromatic carbocycles. The number of likely N-dealkylation sites (N-methyl/N-ethyl adjacent to an activating group) is 1. The van der Waals surface area contributed by atoms with Crippen molar-refractivity contribution < 1.29 is 4.79 Å². The van der Waals surface area contributed by atoms with Gasteiger partial charge in [0.25, 0.3) is 0 Å². The van der Waals surface area contributed by atoms with E-state index in [1.165, 1.54) is 25.7 Å². The van der Waals surface area contributed by atoms with Crippen molar-refractivity contribution in [2.75, 3.05) is 33.7 Å². The third-order valence-electron chi connectivity index (χ3n) is 4.08. The minimum Gasteiger partial charge on any atom is -0.355 e. The summed E-state index contributed by atoms with van der Waals surface area (Å²) in [5.41, 5.74) is 0.268. The van der Waals surface area contributed by atoms with Gasteiger partial charge in [-0.25, -0.2) is 0 Å². The van der Waals surface area contributed by atoms with Crippen LogP contribution in [-0.4, -0.2) is 50.1 Å². The summed E-state index contributed by atoms with van der Waals surface area (Å²) in [6, 6.07) is 0. The third kappa shape index (κ3) is 4.58. The molecule has 0 aromatic rings. The largest absolute Gasteiger partial charge is 0.355 e. The minimum atomic E-state index is 0.121. The molecule has 4 nitrogen and oxygen atoms in total. The van der Waals surface area contributed by atoms with Gasteiger partial charge in [-0.3, -0.25) is 4.79 Å². The quantitative estimate of drug-likeness (QED) is 0.644. The first-order chi connectivity index (χ1) is 8.60. The first kappa shape index (κ1) is 15.4. The summed E-state index contributed by atoms with van der Waals surface area (Å²) in [5, 5.41) is 6.26. The Bertz CT molecular complexity index is 247. The average molecular weight is 255 g/mol. The SMILES string of the molecule is CCCCNC(=O)CNCC1(N(C)C)CCCC1. The summed E-state index contributed by atoms with van der Waals surface area (Å²) in [4.78, 5) is 13.9. The molecule has 1 aliphatic rings. The number of hydrogen-bond acceptors (Lipinski definition) is 3. The van der Waals surface area contributed by atoms with Crippen LogP contribution in [0.15, 0.2) is 0 Å². The maximum Gasteiger partial charge on any atom is 0.233 e. The normalized spacial score (nSPS) is 18.2. The van der Waals surface area contributed by atoms with Crippen molar-refractivity contribution in [1.29, 1.82) is 0 Å². The molecule has 0 aliphatic heterocycles. The van der Waals surface area contributed by atoms with E-state index in [4.69, 9.17) is 0 Å². The molecular formula is C14H29N3O. The molecule has 4 heteroatoms. The van der Waals surface area contributed by atoms with Gasteiger partial charge in [0.05, 0.1) is 6.54 Å². The number of rotatable bonds is 8. The fraction of sp³-hybridized carbons (Fsp3) is 0.929. The second-order valence-electron chi connectivity index (χ2n) is 5.63. The van der Waals surface area contributed by atoms with Crippen molar-refractivity contribution in [1.82, 2.24) is 15.5 Å². The molecule has 1 fully saturated rings. The lowest BCUT2D eigenvalue weighted by atomic mass is 9.96. The van der Waals surface area contributed by atoms with Gasteiger partial charge in [0.2, 0.25) is 5.91 Å². The summed E-state index contributed by atoms with van der Waals surface area (Å²) < 4.78 is 0. The van der Waals surface area contributed by atoms with Crippen LogP contribution in [0.5, 0.6) is 0 Å². The summed E-state index contributed by atoms with van der Waals surface area (Å²) in [6.07, 6.45) is 7.28. The van der Waals surface area contributed by atoms with Gasteiger partial charge in [0.1, 0.15) is 0 Å². The van der Waals surface area contributed by atoms with Crippen LogP contribution in [0.4, 0.5) is 0 Å². The number of unbranched alkanes of at least 4 members (excludes halogenated alkanes) is 1. The van der Waals surface area contributed by atoms with E-state index in [0.717, 1.165) is 25.9 Å². The minimum absolute atomic E-state index is 0.121. The van der Waals surface area contributed by atoms with Crippen molar-refractivity contribution >= 4 is 5.91 Å². The van der Waals surface area contributed by atoms with Crippen LogP contribution in [0, 0.1) is 0 Å². The Balaban J connectivity index is 2.21. The Morgan fingerprint density at radius 1 is 1.28 bits per heavy atom. The number of hydrogen-bond donors (Lipinski definition) is 2. The fourth-order valence-corrected chi connectivity index (χ4v) is 2.69. The monoisotopic (exact) mass is 255 g/mol.